The van der Waals surface area contributed by atoms with E-state index in [9.17, 15) is 4.79 Å². The van der Waals surface area contributed by atoms with Crippen LogP contribution in [-0.2, 0) is 4.79 Å². The number of guanidine groups is 1. The van der Waals surface area contributed by atoms with Crippen molar-refractivity contribution in [1.82, 2.24) is 15.1 Å². The van der Waals surface area contributed by atoms with E-state index in [2.05, 4.69) is 27.2 Å². The second kappa shape index (κ2) is 7.13. The molecule has 3 rings (SSSR count). The highest BCUT2D eigenvalue weighted by atomic mass is 35.5. The Morgan fingerprint density at radius 2 is 1.82 bits per heavy atom. The van der Waals surface area contributed by atoms with Crippen molar-refractivity contribution in [2.45, 2.75) is 0 Å². The lowest BCUT2D eigenvalue weighted by atomic mass is 10.2. The van der Waals surface area contributed by atoms with Gasteiger partial charge in [-0.25, -0.2) is 0 Å². The van der Waals surface area contributed by atoms with Crippen molar-refractivity contribution in [3.63, 3.8) is 0 Å². The summed E-state index contributed by atoms with van der Waals surface area (Å²) in [6.45, 7) is 3.71. The molecule has 7 heteroatoms. The summed E-state index contributed by atoms with van der Waals surface area (Å²) in [5, 5.41) is 3.80. The highest BCUT2D eigenvalue weighted by molar-refractivity contribution is 6.30. The van der Waals surface area contributed by atoms with Gasteiger partial charge in [-0.15, -0.1) is 12.4 Å². The van der Waals surface area contributed by atoms with Crippen LogP contribution in [0.25, 0.3) is 6.08 Å². The van der Waals surface area contributed by atoms with E-state index in [0.29, 0.717) is 16.7 Å². The van der Waals surface area contributed by atoms with Gasteiger partial charge in [-0.1, -0.05) is 23.7 Å². The lowest BCUT2D eigenvalue weighted by molar-refractivity contribution is -0.114. The fourth-order valence-corrected chi connectivity index (χ4v) is 2.48. The van der Waals surface area contributed by atoms with Gasteiger partial charge in [0, 0.05) is 31.2 Å². The van der Waals surface area contributed by atoms with Crippen molar-refractivity contribution < 1.29 is 4.79 Å². The van der Waals surface area contributed by atoms with E-state index < -0.39 is 0 Å². The van der Waals surface area contributed by atoms with Gasteiger partial charge in [0.1, 0.15) is 5.70 Å². The molecule has 1 aromatic rings. The number of hydrogen-bond acceptors (Lipinski definition) is 4. The third-order valence-electron chi connectivity index (χ3n) is 3.67. The Labute approximate surface area is 141 Å². The van der Waals surface area contributed by atoms with E-state index in [-0.39, 0.29) is 18.3 Å². The first kappa shape index (κ1) is 16.8. The molecule has 22 heavy (non-hydrogen) atoms. The molecular formula is C15H18Cl2N4O. The molecule has 1 saturated heterocycles. The Morgan fingerprint density at radius 1 is 1.18 bits per heavy atom. The summed E-state index contributed by atoms with van der Waals surface area (Å²) in [6.07, 6.45) is 1.80. The van der Waals surface area contributed by atoms with E-state index in [1.165, 1.54) is 0 Å². The second-order valence-corrected chi connectivity index (χ2v) is 5.70. The number of amides is 1. The zero-order valence-corrected chi connectivity index (χ0v) is 13.8. The summed E-state index contributed by atoms with van der Waals surface area (Å²) < 4.78 is 0. The minimum Gasteiger partial charge on any atom is -0.340 e. The van der Waals surface area contributed by atoms with E-state index in [0.717, 1.165) is 31.7 Å². The zero-order chi connectivity index (χ0) is 14.8. The summed E-state index contributed by atoms with van der Waals surface area (Å²) in [4.78, 5) is 20.5. The Balaban J connectivity index is 0.00000176. The normalized spacial score (nSPS) is 20.6. The maximum atomic E-state index is 12.0. The fourth-order valence-electron chi connectivity index (χ4n) is 2.35. The highest BCUT2D eigenvalue weighted by Crippen LogP contribution is 2.15. The first-order chi connectivity index (χ1) is 10.1. The zero-order valence-electron chi connectivity index (χ0n) is 12.3. The summed E-state index contributed by atoms with van der Waals surface area (Å²) in [6, 6.07) is 7.35. The Hall–Kier alpha value is -1.56. The number of carbonyl (C=O) groups excluding carboxylic acids is 1. The summed E-state index contributed by atoms with van der Waals surface area (Å²) in [5.41, 5.74) is 1.43. The van der Waals surface area contributed by atoms with Gasteiger partial charge < -0.3 is 15.1 Å². The molecule has 1 amide bonds. The molecule has 0 radical (unpaired) electrons. The number of benzene rings is 1. The number of hydrogen-bond donors (Lipinski definition) is 1. The third kappa shape index (κ3) is 3.80. The van der Waals surface area contributed by atoms with Crippen LogP contribution < -0.4 is 5.32 Å². The van der Waals surface area contributed by atoms with Gasteiger partial charge in [0.15, 0.2) is 0 Å². The monoisotopic (exact) mass is 340 g/mol. The molecule has 0 aliphatic carbocycles. The van der Waals surface area contributed by atoms with Crippen molar-refractivity contribution >= 4 is 42.0 Å². The molecule has 0 saturated carbocycles. The van der Waals surface area contributed by atoms with Crippen LogP contribution in [0, 0.1) is 0 Å². The summed E-state index contributed by atoms with van der Waals surface area (Å²) in [7, 11) is 2.10. The molecule has 0 bridgehead atoms. The molecule has 0 aromatic heterocycles. The van der Waals surface area contributed by atoms with Gasteiger partial charge in [-0.2, -0.15) is 4.99 Å². The molecule has 1 fully saturated rings. The molecule has 0 unspecified atom stereocenters. The van der Waals surface area contributed by atoms with Crippen LogP contribution in [0.2, 0.25) is 5.02 Å². The maximum Gasteiger partial charge on any atom is 0.296 e. The second-order valence-electron chi connectivity index (χ2n) is 5.27. The minimum absolute atomic E-state index is 0. The predicted octanol–water partition coefficient (Wildman–Crippen LogP) is 1.84. The first-order valence-electron chi connectivity index (χ1n) is 6.92. The van der Waals surface area contributed by atoms with Crippen LogP contribution in [0.3, 0.4) is 0 Å². The van der Waals surface area contributed by atoms with E-state index in [1.54, 1.807) is 18.2 Å². The van der Waals surface area contributed by atoms with E-state index in [1.807, 2.05) is 12.1 Å². The van der Waals surface area contributed by atoms with Crippen molar-refractivity contribution in [3.8, 4) is 0 Å². The van der Waals surface area contributed by atoms with Crippen molar-refractivity contribution in [2.24, 2.45) is 4.99 Å². The topological polar surface area (TPSA) is 47.9 Å². The van der Waals surface area contributed by atoms with Crippen LogP contribution in [-0.4, -0.2) is 54.9 Å². The SMILES string of the molecule is CN1CCN(C2=NC(=O)C(=Cc3ccc(Cl)cc3)N2)CC1.Cl. The summed E-state index contributed by atoms with van der Waals surface area (Å²) >= 11 is 5.86. The number of piperazine rings is 1. The number of halogens is 2. The van der Waals surface area contributed by atoms with Crippen molar-refractivity contribution in [1.29, 1.82) is 0 Å². The van der Waals surface area contributed by atoms with Gasteiger partial charge in [0.05, 0.1) is 0 Å². The van der Waals surface area contributed by atoms with Gasteiger partial charge in [-0.05, 0) is 30.8 Å². The molecule has 0 atom stereocenters. The van der Waals surface area contributed by atoms with Crippen LogP contribution in [0.1, 0.15) is 5.56 Å². The molecular weight excluding hydrogens is 323 g/mol. The average molecular weight is 341 g/mol. The minimum atomic E-state index is -0.223. The smallest absolute Gasteiger partial charge is 0.296 e. The lowest BCUT2D eigenvalue weighted by Gasteiger charge is -2.33. The number of nitrogens with zero attached hydrogens (tertiary/aromatic N) is 3. The number of aliphatic imine (C=N–C) groups is 1. The van der Waals surface area contributed by atoms with Crippen LogP contribution in [0.5, 0.6) is 0 Å². The largest absolute Gasteiger partial charge is 0.340 e. The van der Waals surface area contributed by atoms with Crippen LogP contribution in [0.15, 0.2) is 35.0 Å². The first-order valence-corrected chi connectivity index (χ1v) is 7.30. The lowest BCUT2D eigenvalue weighted by Crippen LogP contribution is -2.49. The van der Waals surface area contributed by atoms with E-state index >= 15 is 0 Å². The van der Waals surface area contributed by atoms with Crippen molar-refractivity contribution in [3.05, 3.63) is 40.5 Å². The third-order valence-corrected chi connectivity index (χ3v) is 3.92. The van der Waals surface area contributed by atoms with Gasteiger partial charge in [0.2, 0.25) is 5.96 Å². The molecule has 2 heterocycles. The molecule has 1 aromatic carbocycles. The van der Waals surface area contributed by atoms with Gasteiger partial charge in [-0.3, -0.25) is 4.79 Å². The average Bonchev–Trinajstić information content (AvgIpc) is 2.83. The molecule has 5 nitrogen and oxygen atoms in total. The molecule has 0 spiro atoms. The standard InChI is InChI=1S/C15H17ClN4O.ClH/c1-19-6-8-20(9-7-19)15-17-13(14(21)18-15)10-11-2-4-12(16)5-3-11;/h2-5,10H,6-9H2,1H3,(H,17,18,21);1H. The van der Waals surface area contributed by atoms with Crippen molar-refractivity contribution in [2.75, 3.05) is 33.2 Å². The van der Waals surface area contributed by atoms with Crippen LogP contribution in [0.4, 0.5) is 0 Å². The molecule has 2 aliphatic rings. The maximum absolute atomic E-state index is 12.0. The summed E-state index contributed by atoms with van der Waals surface area (Å²) in [5.74, 6) is 0.437. The van der Waals surface area contributed by atoms with E-state index in [4.69, 9.17) is 11.6 Å². The Kier molecular flexibility index (Phi) is 5.45. The number of carbonyl (C=O) groups is 1. The molecule has 1 N–H and O–H groups in total. The van der Waals surface area contributed by atoms with Crippen LogP contribution >= 0.6 is 24.0 Å². The Bertz CT molecular complexity index is 604. The number of nitrogens with one attached hydrogen (secondary N) is 1. The highest BCUT2D eigenvalue weighted by Gasteiger charge is 2.26. The number of rotatable bonds is 1. The fraction of sp³-hybridized carbons (Fsp3) is 0.333. The van der Waals surface area contributed by atoms with Gasteiger partial charge >= 0.3 is 0 Å². The van der Waals surface area contributed by atoms with Gasteiger partial charge in [0.25, 0.3) is 5.91 Å². The molecule has 2 aliphatic heterocycles. The molecule has 118 valence electrons. The predicted molar refractivity (Wildman–Crippen MR) is 91.3 cm³/mol. The Morgan fingerprint density at radius 3 is 2.45 bits per heavy atom. The number of likely N-dealkylation sites (N-methyl/N-ethyl adjacent to an activating group) is 1. The quantitative estimate of drug-likeness (QED) is 0.792.